The van der Waals surface area contributed by atoms with Crippen molar-refractivity contribution in [1.29, 1.82) is 0 Å². The number of rotatable bonds is 5. The van der Waals surface area contributed by atoms with E-state index in [-0.39, 0.29) is 11.7 Å². The van der Waals surface area contributed by atoms with E-state index >= 15 is 0 Å². The third kappa shape index (κ3) is 3.18. The largest absolute Gasteiger partial charge is 0.298 e. The lowest BCUT2D eigenvalue weighted by atomic mass is 10.1. The van der Waals surface area contributed by atoms with Crippen molar-refractivity contribution in [3.8, 4) is 0 Å². The minimum atomic E-state index is 0.149. The number of H-pyrrole nitrogens is 1. The van der Waals surface area contributed by atoms with Gasteiger partial charge in [0.05, 0.1) is 5.75 Å². The molecule has 0 aromatic carbocycles. The molecule has 0 aliphatic carbocycles. The van der Waals surface area contributed by atoms with Crippen LogP contribution in [-0.2, 0) is 4.79 Å². The summed E-state index contributed by atoms with van der Waals surface area (Å²) in [5.74, 6) is 0.892. The predicted octanol–water partition coefficient (Wildman–Crippen LogP) is 1.51. The molecule has 5 heteroatoms. The molecule has 1 N–H and O–H groups in total. The zero-order valence-electron chi connectivity index (χ0n) is 7.78. The summed E-state index contributed by atoms with van der Waals surface area (Å²) in [5, 5.41) is 7.10. The molecule has 0 saturated heterocycles. The van der Waals surface area contributed by atoms with Gasteiger partial charge in [-0.05, 0) is 6.42 Å². The molecule has 0 radical (unpaired) electrons. The Morgan fingerprint density at radius 2 is 2.54 bits per heavy atom. The van der Waals surface area contributed by atoms with Crippen LogP contribution in [0.15, 0.2) is 11.5 Å². The van der Waals surface area contributed by atoms with Gasteiger partial charge in [0.15, 0.2) is 5.16 Å². The molecule has 0 aliphatic heterocycles. The Morgan fingerprint density at radius 3 is 3.08 bits per heavy atom. The van der Waals surface area contributed by atoms with Crippen LogP contribution in [0.4, 0.5) is 0 Å². The quantitative estimate of drug-likeness (QED) is 0.730. The molecule has 1 heterocycles. The lowest BCUT2D eigenvalue weighted by Crippen LogP contribution is -2.12. The molecule has 1 atom stereocenters. The number of thioether (sulfide) groups is 1. The zero-order valence-corrected chi connectivity index (χ0v) is 8.60. The summed E-state index contributed by atoms with van der Waals surface area (Å²) < 4.78 is 0. The highest BCUT2D eigenvalue weighted by atomic mass is 32.2. The number of hydrogen-bond acceptors (Lipinski definition) is 4. The minimum absolute atomic E-state index is 0.149. The van der Waals surface area contributed by atoms with Gasteiger partial charge in [0, 0.05) is 5.92 Å². The van der Waals surface area contributed by atoms with Crippen molar-refractivity contribution in [3.63, 3.8) is 0 Å². The Labute approximate surface area is 81.5 Å². The van der Waals surface area contributed by atoms with E-state index in [1.165, 1.54) is 18.1 Å². The van der Waals surface area contributed by atoms with Gasteiger partial charge < -0.3 is 0 Å². The van der Waals surface area contributed by atoms with Crippen LogP contribution >= 0.6 is 11.8 Å². The number of hydrogen-bond donors (Lipinski definition) is 1. The molecule has 0 bridgehead atoms. The fraction of sp³-hybridized carbons (Fsp3) is 0.625. The molecule has 13 heavy (non-hydrogen) atoms. The molecule has 0 saturated carbocycles. The number of nitrogens with one attached hydrogen (secondary N) is 1. The molecule has 0 amide bonds. The maximum atomic E-state index is 11.4. The van der Waals surface area contributed by atoms with Crippen LogP contribution in [0, 0.1) is 5.92 Å². The Morgan fingerprint density at radius 1 is 1.77 bits per heavy atom. The van der Waals surface area contributed by atoms with E-state index in [0.29, 0.717) is 10.9 Å². The molecule has 1 rings (SSSR count). The number of aromatic nitrogens is 3. The predicted molar refractivity (Wildman–Crippen MR) is 51.6 cm³/mol. The molecule has 0 fully saturated rings. The number of nitrogens with zero attached hydrogens (tertiary/aromatic N) is 2. The Kier molecular flexibility index (Phi) is 3.95. The fourth-order valence-electron chi connectivity index (χ4n) is 0.773. The highest BCUT2D eigenvalue weighted by Crippen LogP contribution is 2.14. The van der Waals surface area contributed by atoms with Crippen LogP contribution in [0.3, 0.4) is 0 Å². The molecule has 0 spiro atoms. The summed E-state index contributed by atoms with van der Waals surface area (Å²) in [6.07, 6.45) is 2.34. The van der Waals surface area contributed by atoms with Crippen molar-refractivity contribution in [2.45, 2.75) is 25.4 Å². The molecule has 1 unspecified atom stereocenters. The maximum absolute atomic E-state index is 11.4. The topological polar surface area (TPSA) is 58.6 Å². The van der Waals surface area contributed by atoms with Crippen molar-refractivity contribution in [3.05, 3.63) is 6.33 Å². The van der Waals surface area contributed by atoms with Crippen LogP contribution in [0.2, 0.25) is 0 Å². The van der Waals surface area contributed by atoms with Gasteiger partial charge in [0.1, 0.15) is 12.1 Å². The average Bonchev–Trinajstić information content (AvgIpc) is 2.65. The van der Waals surface area contributed by atoms with E-state index in [9.17, 15) is 4.79 Å². The lowest BCUT2D eigenvalue weighted by Gasteiger charge is -2.04. The normalized spacial score (nSPS) is 12.8. The second-order valence-corrected chi connectivity index (χ2v) is 3.82. The van der Waals surface area contributed by atoms with Crippen LogP contribution in [-0.4, -0.2) is 26.7 Å². The van der Waals surface area contributed by atoms with Crippen LogP contribution in [0.5, 0.6) is 0 Å². The number of aromatic amines is 1. The number of ketones is 1. The first kappa shape index (κ1) is 10.2. The third-order valence-corrected chi connectivity index (χ3v) is 2.81. The van der Waals surface area contributed by atoms with Gasteiger partial charge in [-0.25, -0.2) is 4.98 Å². The Hall–Kier alpha value is -0.840. The number of Topliss-reactive ketones (excluding diaryl/α,β-unsaturated/α-hetero) is 1. The van der Waals surface area contributed by atoms with Crippen molar-refractivity contribution < 1.29 is 4.79 Å². The molecular weight excluding hydrogens is 186 g/mol. The Bertz CT molecular complexity index is 260. The molecule has 72 valence electrons. The van der Waals surface area contributed by atoms with E-state index in [1.807, 2.05) is 13.8 Å². The molecule has 4 nitrogen and oxygen atoms in total. The zero-order chi connectivity index (χ0) is 9.68. The molecular formula is C8H13N3OS. The van der Waals surface area contributed by atoms with E-state index < -0.39 is 0 Å². The summed E-state index contributed by atoms with van der Waals surface area (Å²) in [6, 6.07) is 0. The fourth-order valence-corrected chi connectivity index (χ4v) is 1.58. The monoisotopic (exact) mass is 199 g/mol. The van der Waals surface area contributed by atoms with E-state index in [4.69, 9.17) is 0 Å². The van der Waals surface area contributed by atoms with Crippen LogP contribution < -0.4 is 0 Å². The first-order valence-electron chi connectivity index (χ1n) is 4.25. The lowest BCUT2D eigenvalue weighted by molar-refractivity contribution is -0.119. The van der Waals surface area contributed by atoms with E-state index in [2.05, 4.69) is 15.2 Å². The number of carbonyl (C=O) groups is 1. The Balaban J connectivity index is 2.31. The van der Waals surface area contributed by atoms with Gasteiger partial charge >= 0.3 is 0 Å². The second-order valence-electron chi connectivity index (χ2n) is 2.85. The smallest absolute Gasteiger partial charge is 0.183 e. The standard InChI is InChI=1S/C8H13N3OS/c1-3-6(2)7(12)4-13-8-9-5-10-11-8/h5-6H,3-4H2,1-2H3,(H,9,10,11). The van der Waals surface area contributed by atoms with Gasteiger partial charge in [-0.3, -0.25) is 9.89 Å². The van der Waals surface area contributed by atoms with Gasteiger partial charge in [-0.15, -0.1) is 0 Å². The molecule has 1 aromatic heterocycles. The summed E-state index contributed by atoms with van der Waals surface area (Å²) in [6.45, 7) is 3.96. The summed E-state index contributed by atoms with van der Waals surface area (Å²) in [5.41, 5.74) is 0. The SMILES string of the molecule is CCC(C)C(=O)CSc1ncn[nH]1. The van der Waals surface area contributed by atoms with Crippen molar-refractivity contribution in [1.82, 2.24) is 15.2 Å². The third-order valence-electron chi connectivity index (χ3n) is 1.91. The van der Waals surface area contributed by atoms with E-state index in [0.717, 1.165) is 6.42 Å². The van der Waals surface area contributed by atoms with Gasteiger partial charge in [0.25, 0.3) is 0 Å². The van der Waals surface area contributed by atoms with Crippen LogP contribution in [0.25, 0.3) is 0 Å². The summed E-state index contributed by atoms with van der Waals surface area (Å²) in [4.78, 5) is 15.3. The summed E-state index contributed by atoms with van der Waals surface area (Å²) in [7, 11) is 0. The van der Waals surface area contributed by atoms with Crippen LogP contribution in [0.1, 0.15) is 20.3 Å². The van der Waals surface area contributed by atoms with E-state index in [1.54, 1.807) is 0 Å². The van der Waals surface area contributed by atoms with Gasteiger partial charge in [0.2, 0.25) is 0 Å². The maximum Gasteiger partial charge on any atom is 0.183 e. The first-order valence-corrected chi connectivity index (χ1v) is 5.23. The van der Waals surface area contributed by atoms with Gasteiger partial charge in [-0.1, -0.05) is 25.6 Å². The van der Waals surface area contributed by atoms with Crippen molar-refractivity contribution in [2.75, 3.05) is 5.75 Å². The second kappa shape index (κ2) is 5.01. The highest BCUT2D eigenvalue weighted by Gasteiger charge is 2.11. The average molecular weight is 199 g/mol. The van der Waals surface area contributed by atoms with Crippen molar-refractivity contribution >= 4 is 17.5 Å². The van der Waals surface area contributed by atoms with Crippen molar-refractivity contribution in [2.24, 2.45) is 5.92 Å². The van der Waals surface area contributed by atoms with Gasteiger partial charge in [-0.2, -0.15) is 5.10 Å². The summed E-state index contributed by atoms with van der Waals surface area (Å²) >= 11 is 1.40. The highest BCUT2D eigenvalue weighted by molar-refractivity contribution is 7.99. The minimum Gasteiger partial charge on any atom is -0.298 e. The molecule has 0 aliphatic rings. The number of carbonyl (C=O) groups excluding carboxylic acids is 1. The molecule has 1 aromatic rings. The first-order chi connectivity index (χ1) is 6.24.